The Hall–Kier alpha value is -2.13. The zero-order valence-corrected chi connectivity index (χ0v) is 12.6. The average molecular weight is 282 g/mol. The third kappa shape index (κ3) is 4.43. The molecule has 3 nitrogen and oxygen atoms in total. The Kier molecular flexibility index (Phi) is 5.12. The fourth-order valence-electron chi connectivity index (χ4n) is 2.40. The fourth-order valence-corrected chi connectivity index (χ4v) is 2.40. The number of rotatable bonds is 5. The maximum absolute atomic E-state index is 12.3. The summed E-state index contributed by atoms with van der Waals surface area (Å²) in [6.07, 6.45) is 0.567. The van der Waals surface area contributed by atoms with Crippen molar-refractivity contribution in [3.05, 3.63) is 71.3 Å². The van der Waals surface area contributed by atoms with Gasteiger partial charge in [-0.05, 0) is 24.5 Å². The van der Waals surface area contributed by atoms with Crippen LogP contribution in [-0.2, 0) is 17.8 Å². The van der Waals surface area contributed by atoms with Gasteiger partial charge in [-0.25, -0.2) is 0 Å². The van der Waals surface area contributed by atoms with Crippen LogP contribution in [0.3, 0.4) is 0 Å². The van der Waals surface area contributed by atoms with Gasteiger partial charge in [0.15, 0.2) is 0 Å². The predicted molar refractivity (Wildman–Crippen MR) is 85.8 cm³/mol. The van der Waals surface area contributed by atoms with E-state index in [9.17, 15) is 4.79 Å². The first-order valence-corrected chi connectivity index (χ1v) is 7.16. The smallest absolute Gasteiger partial charge is 0.239 e. The minimum atomic E-state index is -0.498. The van der Waals surface area contributed by atoms with Crippen LogP contribution < -0.4 is 5.73 Å². The van der Waals surface area contributed by atoms with Crippen molar-refractivity contribution in [2.24, 2.45) is 5.73 Å². The number of aryl methyl sites for hydroxylation is 1. The number of carbonyl (C=O) groups is 1. The van der Waals surface area contributed by atoms with Crippen molar-refractivity contribution < 1.29 is 4.79 Å². The summed E-state index contributed by atoms with van der Waals surface area (Å²) in [5, 5.41) is 0. The average Bonchev–Trinajstić information content (AvgIpc) is 2.47. The van der Waals surface area contributed by atoms with E-state index in [1.54, 1.807) is 11.9 Å². The summed E-state index contributed by atoms with van der Waals surface area (Å²) < 4.78 is 0. The Morgan fingerprint density at radius 2 is 1.76 bits per heavy atom. The van der Waals surface area contributed by atoms with Crippen LogP contribution in [0.1, 0.15) is 16.7 Å². The number of nitrogens with zero attached hydrogens (tertiary/aromatic N) is 1. The van der Waals surface area contributed by atoms with Crippen molar-refractivity contribution in [3.63, 3.8) is 0 Å². The molecule has 2 N–H and O–H groups in total. The van der Waals surface area contributed by atoms with Gasteiger partial charge in [-0.2, -0.15) is 0 Å². The molecule has 3 heteroatoms. The summed E-state index contributed by atoms with van der Waals surface area (Å²) >= 11 is 0. The van der Waals surface area contributed by atoms with E-state index in [4.69, 9.17) is 5.73 Å². The lowest BCUT2D eigenvalue weighted by molar-refractivity contribution is -0.131. The fraction of sp³-hybridized carbons (Fsp3) is 0.278. The SMILES string of the molecule is Cc1cccc(CN(C)C(=O)[C@@H](N)Cc2ccccc2)c1. The molecule has 1 atom stereocenters. The van der Waals surface area contributed by atoms with Crippen molar-refractivity contribution in [3.8, 4) is 0 Å². The molecule has 2 aromatic rings. The van der Waals surface area contributed by atoms with Crippen LogP contribution in [0.15, 0.2) is 54.6 Å². The molecule has 0 aliphatic heterocycles. The van der Waals surface area contributed by atoms with Crippen molar-refractivity contribution in [1.29, 1.82) is 0 Å². The molecule has 0 heterocycles. The van der Waals surface area contributed by atoms with Crippen LogP contribution in [0.5, 0.6) is 0 Å². The Bertz CT molecular complexity index is 595. The maximum Gasteiger partial charge on any atom is 0.239 e. The number of hydrogen-bond acceptors (Lipinski definition) is 2. The van der Waals surface area contributed by atoms with Gasteiger partial charge < -0.3 is 10.6 Å². The first-order chi connectivity index (χ1) is 10.1. The van der Waals surface area contributed by atoms with Gasteiger partial charge in [-0.15, -0.1) is 0 Å². The van der Waals surface area contributed by atoms with E-state index in [1.807, 2.05) is 55.5 Å². The van der Waals surface area contributed by atoms with Gasteiger partial charge in [0.25, 0.3) is 0 Å². The van der Waals surface area contributed by atoms with Crippen LogP contribution in [0, 0.1) is 6.92 Å². The highest BCUT2D eigenvalue weighted by Gasteiger charge is 2.18. The van der Waals surface area contributed by atoms with Crippen LogP contribution in [0.2, 0.25) is 0 Å². The minimum absolute atomic E-state index is 0.0274. The largest absolute Gasteiger partial charge is 0.340 e. The third-order valence-electron chi connectivity index (χ3n) is 3.49. The zero-order chi connectivity index (χ0) is 15.2. The number of amides is 1. The number of carbonyl (C=O) groups excluding carboxylic acids is 1. The summed E-state index contributed by atoms with van der Waals surface area (Å²) in [5.74, 6) is -0.0274. The first kappa shape index (κ1) is 15.3. The van der Waals surface area contributed by atoms with Gasteiger partial charge in [0.1, 0.15) is 0 Å². The molecular formula is C18H22N2O. The van der Waals surface area contributed by atoms with E-state index >= 15 is 0 Å². The zero-order valence-electron chi connectivity index (χ0n) is 12.6. The standard InChI is InChI=1S/C18H22N2O/c1-14-7-6-10-16(11-14)13-20(2)18(21)17(19)12-15-8-4-3-5-9-15/h3-11,17H,12-13,19H2,1-2H3/t17-/m0/s1. The second-order valence-corrected chi connectivity index (χ2v) is 5.48. The van der Waals surface area contributed by atoms with Crippen molar-refractivity contribution in [2.45, 2.75) is 25.9 Å². The van der Waals surface area contributed by atoms with Crippen molar-refractivity contribution in [2.75, 3.05) is 7.05 Å². The summed E-state index contributed by atoms with van der Waals surface area (Å²) in [5.41, 5.74) is 9.45. The van der Waals surface area contributed by atoms with Crippen LogP contribution in [0.4, 0.5) is 0 Å². The molecule has 21 heavy (non-hydrogen) atoms. The number of likely N-dealkylation sites (N-methyl/N-ethyl adjacent to an activating group) is 1. The quantitative estimate of drug-likeness (QED) is 0.916. The normalized spacial score (nSPS) is 12.0. The van der Waals surface area contributed by atoms with Crippen LogP contribution in [0.25, 0.3) is 0 Å². The molecule has 0 saturated heterocycles. The number of hydrogen-bond donors (Lipinski definition) is 1. The van der Waals surface area contributed by atoms with Gasteiger partial charge >= 0.3 is 0 Å². The van der Waals surface area contributed by atoms with Gasteiger partial charge in [0.2, 0.25) is 5.91 Å². The van der Waals surface area contributed by atoms with E-state index in [-0.39, 0.29) is 5.91 Å². The van der Waals surface area contributed by atoms with Gasteiger partial charge in [-0.3, -0.25) is 4.79 Å². The Morgan fingerprint density at radius 3 is 2.43 bits per heavy atom. The van der Waals surface area contributed by atoms with Crippen LogP contribution >= 0.6 is 0 Å². The molecule has 110 valence electrons. The highest BCUT2D eigenvalue weighted by molar-refractivity contribution is 5.81. The van der Waals surface area contributed by atoms with E-state index in [1.165, 1.54) is 5.56 Å². The monoisotopic (exact) mass is 282 g/mol. The second-order valence-electron chi connectivity index (χ2n) is 5.48. The van der Waals surface area contributed by atoms with Gasteiger partial charge in [0.05, 0.1) is 6.04 Å². The molecule has 0 aliphatic carbocycles. The Balaban J connectivity index is 1.95. The van der Waals surface area contributed by atoms with Crippen molar-refractivity contribution in [1.82, 2.24) is 4.90 Å². The molecule has 0 radical (unpaired) electrons. The lowest BCUT2D eigenvalue weighted by Crippen LogP contribution is -2.42. The summed E-state index contributed by atoms with van der Waals surface area (Å²) in [7, 11) is 1.80. The van der Waals surface area contributed by atoms with Crippen LogP contribution in [-0.4, -0.2) is 23.9 Å². The number of benzene rings is 2. The number of nitrogens with two attached hydrogens (primary N) is 1. The van der Waals surface area contributed by atoms with E-state index in [0.717, 1.165) is 11.1 Å². The Morgan fingerprint density at radius 1 is 1.10 bits per heavy atom. The molecule has 0 aromatic heterocycles. The third-order valence-corrected chi connectivity index (χ3v) is 3.49. The highest BCUT2D eigenvalue weighted by atomic mass is 16.2. The summed E-state index contributed by atoms with van der Waals surface area (Å²) in [6, 6.07) is 17.5. The summed E-state index contributed by atoms with van der Waals surface area (Å²) in [6.45, 7) is 2.63. The molecule has 0 spiro atoms. The van der Waals surface area contributed by atoms with E-state index in [0.29, 0.717) is 13.0 Å². The molecule has 0 bridgehead atoms. The first-order valence-electron chi connectivity index (χ1n) is 7.16. The molecule has 0 aliphatic rings. The topological polar surface area (TPSA) is 46.3 Å². The van der Waals surface area contributed by atoms with Crippen molar-refractivity contribution >= 4 is 5.91 Å². The Labute approximate surface area is 126 Å². The minimum Gasteiger partial charge on any atom is -0.340 e. The molecule has 0 unspecified atom stereocenters. The van der Waals surface area contributed by atoms with E-state index in [2.05, 4.69) is 6.07 Å². The molecule has 0 saturated carbocycles. The highest BCUT2D eigenvalue weighted by Crippen LogP contribution is 2.09. The molecule has 2 aromatic carbocycles. The second kappa shape index (κ2) is 7.04. The molecular weight excluding hydrogens is 260 g/mol. The van der Waals surface area contributed by atoms with Gasteiger partial charge in [-0.1, -0.05) is 60.2 Å². The predicted octanol–water partition coefficient (Wildman–Crippen LogP) is 2.52. The molecule has 0 fully saturated rings. The summed E-state index contributed by atoms with van der Waals surface area (Å²) in [4.78, 5) is 14.0. The lowest BCUT2D eigenvalue weighted by atomic mass is 10.1. The molecule has 1 amide bonds. The lowest BCUT2D eigenvalue weighted by Gasteiger charge is -2.21. The molecule has 2 rings (SSSR count). The van der Waals surface area contributed by atoms with E-state index < -0.39 is 6.04 Å². The van der Waals surface area contributed by atoms with Gasteiger partial charge in [0, 0.05) is 13.6 Å². The maximum atomic E-state index is 12.3.